The number of hydrogen-bond donors (Lipinski definition) is 2. The molecule has 2 heterocycles. The van der Waals surface area contributed by atoms with E-state index < -0.39 is 0 Å². The first-order valence-electron chi connectivity index (χ1n) is 8.11. The first-order chi connectivity index (χ1) is 12.4. The number of anilines is 2. The van der Waals surface area contributed by atoms with Gasteiger partial charge in [-0.3, -0.25) is 9.78 Å². The maximum Gasteiger partial charge on any atom is 0.223 e. The number of benzene rings is 1. The van der Waals surface area contributed by atoms with Gasteiger partial charge in [0.2, 0.25) is 5.91 Å². The number of ether oxygens (including phenoxy) is 1. The predicted octanol–water partition coefficient (Wildman–Crippen LogP) is 3.02. The zero-order valence-electron chi connectivity index (χ0n) is 15.2. The number of H-pyrrole nitrogens is 1. The molecule has 7 nitrogen and oxygen atoms in total. The first-order valence-corrected chi connectivity index (χ1v) is 8.11. The van der Waals surface area contributed by atoms with Crippen molar-refractivity contribution in [2.45, 2.75) is 13.8 Å². The minimum absolute atomic E-state index is 0.112. The number of amides is 1. The average Bonchev–Trinajstić information content (AvgIpc) is 3.03. The van der Waals surface area contributed by atoms with E-state index in [9.17, 15) is 4.79 Å². The number of aromatic amines is 1. The molecular weight excluding hydrogens is 330 g/mol. The number of imidazole rings is 1. The van der Waals surface area contributed by atoms with Crippen molar-refractivity contribution in [2.75, 3.05) is 24.8 Å². The normalized spacial score (nSPS) is 10.6. The number of nitrogens with one attached hydrogen (secondary N) is 1. The highest BCUT2D eigenvalue weighted by molar-refractivity contribution is 5.96. The molecular formula is C19H21N5O2. The zero-order valence-corrected chi connectivity index (χ0v) is 15.2. The molecule has 26 heavy (non-hydrogen) atoms. The van der Waals surface area contributed by atoms with Crippen LogP contribution >= 0.6 is 0 Å². The average molecular weight is 351 g/mol. The lowest BCUT2D eigenvalue weighted by atomic mass is 10.1. The van der Waals surface area contributed by atoms with Gasteiger partial charge in [0.15, 0.2) is 0 Å². The van der Waals surface area contributed by atoms with Crippen molar-refractivity contribution in [1.29, 1.82) is 0 Å². The van der Waals surface area contributed by atoms with Gasteiger partial charge in [-0.25, -0.2) is 4.98 Å². The quantitative estimate of drug-likeness (QED) is 0.704. The summed E-state index contributed by atoms with van der Waals surface area (Å²) >= 11 is 0. The fourth-order valence-corrected chi connectivity index (χ4v) is 2.77. The fourth-order valence-electron chi connectivity index (χ4n) is 2.77. The molecule has 0 unspecified atom stereocenters. The number of hydrogen-bond acceptors (Lipinski definition) is 5. The number of rotatable bonds is 4. The molecule has 3 N–H and O–H groups in total. The van der Waals surface area contributed by atoms with Crippen molar-refractivity contribution in [3.8, 4) is 28.4 Å². The molecule has 0 radical (unpaired) electrons. The van der Waals surface area contributed by atoms with Crippen molar-refractivity contribution in [3.63, 3.8) is 0 Å². The minimum atomic E-state index is -0.112. The Kier molecular flexibility index (Phi) is 4.62. The summed E-state index contributed by atoms with van der Waals surface area (Å²) < 4.78 is 5.51. The monoisotopic (exact) mass is 351 g/mol. The van der Waals surface area contributed by atoms with E-state index >= 15 is 0 Å². The molecule has 7 heteroatoms. The molecule has 0 bridgehead atoms. The lowest BCUT2D eigenvalue weighted by Gasteiger charge is -2.19. The Hall–Kier alpha value is -3.35. The Morgan fingerprint density at radius 3 is 2.73 bits per heavy atom. The number of nitrogens with two attached hydrogens (primary N) is 1. The summed E-state index contributed by atoms with van der Waals surface area (Å²) in [7, 11) is 3.25. The number of aryl methyl sites for hydroxylation is 1. The van der Waals surface area contributed by atoms with Crippen LogP contribution in [-0.2, 0) is 4.79 Å². The molecule has 0 spiro atoms. The summed E-state index contributed by atoms with van der Waals surface area (Å²) in [5.41, 5.74) is 10.6. The number of methoxy groups -OCH3 is 1. The zero-order chi connectivity index (χ0) is 18.8. The molecule has 3 aromatic rings. The number of pyridine rings is 1. The van der Waals surface area contributed by atoms with Gasteiger partial charge >= 0.3 is 0 Å². The summed E-state index contributed by atoms with van der Waals surface area (Å²) in [6.45, 7) is 3.43. The summed E-state index contributed by atoms with van der Waals surface area (Å²) in [4.78, 5) is 25.3. The molecule has 0 aliphatic heterocycles. The Morgan fingerprint density at radius 1 is 1.35 bits per heavy atom. The number of carbonyl (C=O) groups is 1. The number of carbonyl (C=O) groups excluding carboxylic acids is 1. The van der Waals surface area contributed by atoms with Crippen LogP contribution in [0.1, 0.15) is 12.6 Å². The van der Waals surface area contributed by atoms with Crippen molar-refractivity contribution < 1.29 is 9.53 Å². The summed E-state index contributed by atoms with van der Waals surface area (Å²) in [6, 6.07) is 7.33. The van der Waals surface area contributed by atoms with Crippen molar-refractivity contribution in [1.82, 2.24) is 15.0 Å². The highest BCUT2D eigenvalue weighted by Crippen LogP contribution is 2.37. The van der Waals surface area contributed by atoms with Crippen LogP contribution < -0.4 is 15.4 Å². The van der Waals surface area contributed by atoms with Crippen molar-refractivity contribution in [2.24, 2.45) is 0 Å². The predicted molar refractivity (Wildman–Crippen MR) is 102 cm³/mol. The van der Waals surface area contributed by atoms with Crippen LogP contribution in [0, 0.1) is 6.92 Å². The third-order valence-electron chi connectivity index (χ3n) is 4.26. The molecule has 3 rings (SSSR count). The third kappa shape index (κ3) is 3.11. The Labute approximate surface area is 151 Å². The molecule has 0 aliphatic rings. The smallest absolute Gasteiger partial charge is 0.223 e. The van der Waals surface area contributed by atoms with E-state index in [-0.39, 0.29) is 5.91 Å². The molecule has 0 saturated carbocycles. The van der Waals surface area contributed by atoms with E-state index in [0.717, 1.165) is 22.5 Å². The standard InChI is InChI=1S/C19H21N5O2/c1-11-18(13-6-5-7-21-10-13)23-19(22-11)14-8-15(20)16(9-17(14)26-4)24(3)12(2)25/h5-10H,20H2,1-4H3,(H,22,23). The molecule has 134 valence electrons. The topological polar surface area (TPSA) is 97.1 Å². The van der Waals surface area contributed by atoms with E-state index in [1.54, 1.807) is 38.7 Å². The van der Waals surface area contributed by atoms with Crippen molar-refractivity contribution >= 4 is 17.3 Å². The third-order valence-corrected chi connectivity index (χ3v) is 4.26. The van der Waals surface area contributed by atoms with Gasteiger partial charge in [-0.05, 0) is 25.1 Å². The highest BCUT2D eigenvalue weighted by Gasteiger charge is 2.18. The molecule has 0 saturated heterocycles. The summed E-state index contributed by atoms with van der Waals surface area (Å²) in [6.07, 6.45) is 3.49. The van der Waals surface area contributed by atoms with E-state index in [1.807, 2.05) is 19.1 Å². The second-order valence-electron chi connectivity index (χ2n) is 5.99. The minimum Gasteiger partial charge on any atom is -0.496 e. The molecule has 0 atom stereocenters. The van der Waals surface area contributed by atoms with Gasteiger partial charge in [-0.2, -0.15) is 0 Å². The molecule has 1 aromatic carbocycles. The van der Waals surface area contributed by atoms with Crippen LogP contribution in [0.2, 0.25) is 0 Å². The lowest BCUT2D eigenvalue weighted by Crippen LogP contribution is -2.23. The second-order valence-corrected chi connectivity index (χ2v) is 5.99. The molecule has 0 fully saturated rings. The SMILES string of the molecule is COc1cc(N(C)C(C)=O)c(N)cc1-c1nc(-c2cccnc2)c(C)[nH]1. The van der Waals surface area contributed by atoms with Gasteiger partial charge in [-0.15, -0.1) is 0 Å². The molecule has 0 aliphatic carbocycles. The Bertz CT molecular complexity index is 950. The van der Waals surface area contributed by atoms with Crippen LogP contribution in [0.15, 0.2) is 36.7 Å². The number of aromatic nitrogens is 3. The van der Waals surface area contributed by atoms with Gasteiger partial charge in [0.25, 0.3) is 0 Å². The van der Waals surface area contributed by atoms with Gasteiger partial charge in [0.1, 0.15) is 11.6 Å². The van der Waals surface area contributed by atoms with E-state index in [4.69, 9.17) is 15.5 Å². The molecule has 1 amide bonds. The highest BCUT2D eigenvalue weighted by atomic mass is 16.5. The number of nitrogen functional groups attached to an aromatic ring is 1. The molecule has 2 aromatic heterocycles. The van der Waals surface area contributed by atoms with Crippen LogP contribution in [-0.4, -0.2) is 35.0 Å². The first kappa shape index (κ1) is 17.5. The second kappa shape index (κ2) is 6.87. The van der Waals surface area contributed by atoms with Gasteiger partial charge < -0.3 is 20.4 Å². The maximum atomic E-state index is 11.7. The van der Waals surface area contributed by atoms with E-state index in [0.29, 0.717) is 22.9 Å². The largest absolute Gasteiger partial charge is 0.496 e. The van der Waals surface area contributed by atoms with Crippen LogP contribution in [0.4, 0.5) is 11.4 Å². The van der Waals surface area contributed by atoms with Crippen LogP contribution in [0.5, 0.6) is 5.75 Å². The Morgan fingerprint density at radius 2 is 2.12 bits per heavy atom. The lowest BCUT2D eigenvalue weighted by molar-refractivity contribution is -0.116. The van der Waals surface area contributed by atoms with Crippen LogP contribution in [0.25, 0.3) is 22.6 Å². The van der Waals surface area contributed by atoms with E-state index in [1.165, 1.54) is 11.8 Å². The number of nitrogens with zero attached hydrogens (tertiary/aromatic N) is 3. The summed E-state index contributed by atoms with van der Waals surface area (Å²) in [5, 5.41) is 0. The van der Waals surface area contributed by atoms with Crippen LogP contribution in [0.3, 0.4) is 0 Å². The van der Waals surface area contributed by atoms with E-state index in [2.05, 4.69) is 9.97 Å². The van der Waals surface area contributed by atoms with Gasteiger partial charge in [0, 0.05) is 43.7 Å². The maximum absolute atomic E-state index is 11.7. The van der Waals surface area contributed by atoms with Gasteiger partial charge in [-0.1, -0.05) is 0 Å². The van der Waals surface area contributed by atoms with Crippen molar-refractivity contribution in [3.05, 3.63) is 42.4 Å². The van der Waals surface area contributed by atoms with Gasteiger partial charge in [0.05, 0.1) is 29.7 Å². The Balaban J connectivity index is 2.10. The fraction of sp³-hybridized carbons (Fsp3) is 0.211. The summed E-state index contributed by atoms with van der Waals surface area (Å²) in [5.74, 6) is 1.11.